The quantitative estimate of drug-likeness (QED) is 0.857. The molecule has 3 fully saturated rings. The summed E-state index contributed by atoms with van der Waals surface area (Å²) in [5, 5.41) is 4.55. The van der Waals surface area contributed by atoms with Gasteiger partial charge in [0.1, 0.15) is 0 Å². The molecule has 0 saturated carbocycles. The summed E-state index contributed by atoms with van der Waals surface area (Å²) in [7, 11) is 0. The van der Waals surface area contributed by atoms with Gasteiger partial charge in [-0.05, 0) is 30.7 Å². The lowest BCUT2D eigenvalue weighted by atomic mass is 9.94. The van der Waals surface area contributed by atoms with Gasteiger partial charge in [-0.15, -0.1) is 0 Å². The number of nitrogens with zero attached hydrogens (tertiary/aromatic N) is 2. The normalized spacial score (nSPS) is 29.6. The van der Waals surface area contributed by atoms with Crippen LogP contribution in [0.25, 0.3) is 0 Å². The first-order chi connectivity index (χ1) is 10.2. The Hall–Kier alpha value is -0.130. The molecule has 0 aromatic heterocycles. The first-order valence-electron chi connectivity index (χ1n) is 7.81. The highest BCUT2D eigenvalue weighted by Gasteiger charge is 2.36. The van der Waals surface area contributed by atoms with Crippen molar-refractivity contribution in [3.8, 4) is 0 Å². The highest BCUT2D eigenvalue weighted by molar-refractivity contribution is 9.10. The molecule has 2 bridgehead atoms. The minimum absolute atomic E-state index is 0.469. The Morgan fingerprint density at radius 1 is 1.33 bits per heavy atom. The molecule has 3 aliphatic heterocycles. The molecule has 1 N–H and O–H groups in total. The lowest BCUT2D eigenvalue weighted by Crippen LogP contribution is -2.66. The highest BCUT2D eigenvalue weighted by atomic mass is 79.9. The van der Waals surface area contributed by atoms with E-state index in [1.165, 1.54) is 38.3 Å². The summed E-state index contributed by atoms with van der Waals surface area (Å²) >= 11 is 9.89. The van der Waals surface area contributed by atoms with Gasteiger partial charge in [0.25, 0.3) is 0 Å². The Bertz CT molecular complexity index is 488. The van der Waals surface area contributed by atoms with E-state index in [0.29, 0.717) is 12.1 Å². The van der Waals surface area contributed by atoms with Gasteiger partial charge in [0.05, 0.1) is 0 Å². The Morgan fingerprint density at radius 3 is 2.67 bits per heavy atom. The second kappa shape index (κ2) is 6.97. The van der Waals surface area contributed by atoms with E-state index in [1.807, 2.05) is 6.07 Å². The summed E-state index contributed by atoms with van der Waals surface area (Å²) in [6.07, 6.45) is 0.995. The Morgan fingerprint density at radius 2 is 2.10 bits per heavy atom. The van der Waals surface area contributed by atoms with E-state index in [1.54, 1.807) is 0 Å². The number of nitrogens with one attached hydrogen (secondary N) is 1. The van der Waals surface area contributed by atoms with Gasteiger partial charge in [0, 0.05) is 54.3 Å². The zero-order valence-corrected chi connectivity index (χ0v) is 14.8. The number of likely N-dealkylation sites (N-methyl/N-ethyl adjacent to an activating group) is 1. The van der Waals surface area contributed by atoms with Crippen LogP contribution < -0.4 is 5.32 Å². The fraction of sp³-hybridized carbons (Fsp3) is 0.625. The third kappa shape index (κ3) is 3.62. The van der Waals surface area contributed by atoms with E-state index < -0.39 is 0 Å². The van der Waals surface area contributed by atoms with Crippen LogP contribution in [0.1, 0.15) is 12.5 Å². The van der Waals surface area contributed by atoms with Crippen molar-refractivity contribution >= 4 is 27.5 Å². The SMILES string of the molecule is CCNC(Cc1ccc(Br)cc1Cl)C1CN2CCN1CC2. The van der Waals surface area contributed by atoms with Gasteiger partial charge in [-0.3, -0.25) is 9.80 Å². The number of piperazine rings is 3. The molecule has 0 spiro atoms. The maximum Gasteiger partial charge on any atom is 0.0449 e. The average molecular weight is 373 g/mol. The summed E-state index contributed by atoms with van der Waals surface area (Å²) in [6, 6.07) is 7.30. The number of halogens is 2. The minimum Gasteiger partial charge on any atom is -0.312 e. The molecule has 3 saturated heterocycles. The van der Waals surface area contributed by atoms with Crippen molar-refractivity contribution < 1.29 is 0 Å². The van der Waals surface area contributed by atoms with Gasteiger partial charge in [0.2, 0.25) is 0 Å². The van der Waals surface area contributed by atoms with Gasteiger partial charge in [0.15, 0.2) is 0 Å². The van der Waals surface area contributed by atoms with Crippen molar-refractivity contribution in [2.75, 3.05) is 39.3 Å². The Kier molecular flexibility index (Phi) is 5.23. The van der Waals surface area contributed by atoms with Crippen molar-refractivity contribution in [2.45, 2.75) is 25.4 Å². The van der Waals surface area contributed by atoms with Gasteiger partial charge < -0.3 is 5.32 Å². The number of hydrogen-bond donors (Lipinski definition) is 1. The standard InChI is InChI=1S/C16H23BrClN3/c1-2-19-15(9-12-3-4-13(17)10-14(12)18)16-11-20-5-7-21(16)8-6-20/h3-4,10,15-16,19H,2,5-9,11H2,1H3. The van der Waals surface area contributed by atoms with Gasteiger partial charge in [-0.25, -0.2) is 0 Å². The predicted octanol–water partition coefficient (Wildman–Crippen LogP) is 2.62. The van der Waals surface area contributed by atoms with Gasteiger partial charge in [-0.1, -0.05) is 40.5 Å². The van der Waals surface area contributed by atoms with Crippen LogP contribution in [-0.4, -0.2) is 61.2 Å². The molecule has 3 heterocycles. The van der Waals surface area contributed by atoms with Crippen LogP contribution in [0.5, 0.6) is 0 Å². The lowest BCUT2D eigenvalue weighted by Gasteiger charge is -2.50. The zero-order chi connectivity index (χ0) is 14.8. The van der Waals surface area contributed by atoms with Crippen molar-refractivity contribution in [3.63, 3.8) is 0 Å². The minimum atomic E-state index is 0.469. The molecule has 116 valence electrons. The molecule has 2 atom stereocenters. The second-order valence-corrected chi connectivity index (χ2v) is 7.33. The molecule has 5 heteroatoms. The van der Waals surface area contributed by atoms with Crippen molar-refractivity contribution in [2.24, 2.45) is 0 Å². The predicted molar refractivity (Wildman–Crippen MR) is 92.1 cm³/mol. The van der Waals surface area contributed by atoms with Crippen LogP contribution in [0.15, 0.2) is 22.7 Å². The van der Waals surface area contributed by atoms with E-state index >= 15 is 0 Å². The van der Waals surface area contributed by atoms with Crippen molar-refractivity contribution in [1.29, 1.82) is 0 Å². The molecule has 21 heavy (non-hydrogen) atoms. The topological polar surface area (TPSA) is 18.5 Å². The number of rotatable bonds is 5. The molecule has 1 aromatic rings. The maximum absolute atomic E-state index is 6.41. The molecule has 3 aliphatic rings. The van der Waals surface area contributed by atoms with Crippen LogP contribution in [-0.2, 0) is 6.42 Å². The fourth-order valence-corrected chi connectivity index (χ4v) is 4.32. The van der Waals surface area contributed by atoms with Crippen LogP contribution in [0.3, 0.4) is 0 Å². The summed E-state index contributed by atoms with van der Waals surface area (Å²) in [6.45, 7) is 9.26. The van der Waals surface area contributed by atoms with E-state index in [-0.39, 0.29) is 0 Å². The molecule has 0 radical (unpaired) electrons. The van der Waals surface area contributed by atoms with E-state index in [9.17, 15) is 0 Å². The number of fused-ring (bicyclic) bond motifs is 3. The van der Waals surface area contributed by atoms with Crippen LogP contribution >= 0.6 is 27.5 Å². The second-order valence-electron chi connectivity index (χ2n) is 6.01. The van der Waals surface area contributed by atoms with Crippen molar-refractivity contribution in [1.82, 2.24) is 15.1 Å². The summed E-state index contributed by atoms with van der Waals surface area (Å²) < 4.78 is 1.04. The Labute approximate surface area is 140 Å². The molecule has 2 unspecified atom stereocenters. The molecule has 0 aliphatic carbocycles. The van der Waals surface area contributed by atoms with Crippen molar-refractivity contribution in [3.05, 3.63) is 33.3 Å². The van der Waals surface area contributed by atoms with E-state index in [4.69, 9.17) is 11.6 Å². The number of benzene rings is 1. The molecule has 0 amide bonds. The van der Waals surface area contributed by atoms with Crippen LogP contribution in [0.2, 0.25) is 5.02 Å². The molecular formula is C16H23BrClN3. The van der Waals surface area contributed by atoms with Gasteiger partial charge in [-0.2, -0.15) is 0 Å². The number of hydrogen-bond acceptors (Lipinski definition) is 3. The third-order valence-electron chi connectivity index (χ3n) is 4.71. The third-order valence-corrected chi connectivity index (χ3v) is 5.55. The molecule has 3 nitrogen and oxygen atoms in total. The van der Waals surface area contributed by atoms with Gasteiger partial charge >= 0.3 is 0 Å². The van der Waals surface area contributed by atoms with E-state index in [2.05, 4.69) is 50.1 Å². The summed E-state index contributed by atoms with van der Waals surface area (Å²) in [5.74, 6) is 0. The molecule has 1 aromatic carbocycles. The molecular weight excluding hydrogens is 350 g/mol. The first-order valence-corrected chi connectivity index (χ1v) is 8.98. The summed E-state index contributed by atoms with van der Waals surface area (Å²) in [4.78, 5) is 5.25. The average Bonchev–Trinajstić information content (AvgIpc) is 2.50. The lowest BCUT2D eigenvalue weighted by molar-refractivity contribution is -0.00288. The fourth-order valence-electron chi connectivity index (χ4n) is 3.57. The molecule has 4 rings (SSSR count). The monoisotopic (exact) mass is 371 g/mol. The maximum atomic E-state index is 6.41. The van der Waals surface area contributed by atoms with Crippen LogP contribution in [0, 0.1) is 0 Å². The van der Waals surface area contributed by atoms with E-state index in [0.717, 1.165) is 22.5 Å². The first kappa shape index (κ1) is 15.8. The largest absolute Gasteiger partial charge is 0.312 e. The Balaban J connectivity index is 1.75. The highest BCUT2D eigenvalue weighted by Crippen LogP contribution is 2.25. The smallest absolute Gasteiger partial charge is 0.0449 e. The zero-order valence-electron chi connectivity index (χ0n) is 12.5. The van der Waals surface area contributed by atoms with Crippen LogP contribution in [0.4, 0.5) is 0 Å². The summed E-state index contributed by atoms with van der Waals surface area (Å²) in [5.41, 5.74) is 1.24.